The molecule has 0 bridgehead atoms. The van der Waals surface area contributed by atoms with Crippen molar-refractivity contribution in [1.82, 2.24) is 9.71 Å². The van der Waals surface area contributed by atoms with E-state index in [1.807, 2.05) is 24.3 Å². The Bertz CT molecular complexity index is 1050. The van der Waals surface area contributed by atoms with Crippen molar-refractivity contribution >= 4 is 32.7 Å². The number of oxazole rings is 1. The topological polar surface area (TPSA) is 101 Å². The fourth-order valence-electron chi connectivity index (χ4n) is 2.36. The third kappa shape index (κ3) is 3.87. The first kappa shape index (κ1) is 17.5. The lowest BCUT2D eigenvalue weighted by Gasteiger charge is -2.09. The van der Waals surface area contributed by atoms with Crippen molar-refractivity contribution in [3.05, 3.63) is 57.5 Å². The number of rotatable bonds is 6. The maximum atomic E-state index is 12.4. The zero-order valence-electron chi connectivity index (χ0n) is 13.2. The van der Waals surface area contributed by atoms with Crippen molar-refractivity contribution in [3.8, 4) is 5.75 Å². The molecule has 0 saturated heterocycles. The number of methoxy groups -OCH3 is 1. The Morgan fingerprint density at radius 2 is 1.96 bits per heavy atom. The summed E-state index contributed by atoms with van der Waals surface area (Å²) in [5, 5.41) is 0.00139. The van der Waals surface area contributed by atoms with Gasteiger partial charge in [-0.3, -0.25) is 4.98 Å². The second-order valence-electron chi connectivity index (χ2n) is 5.29. The molecule has 0 saturated carbocycles. The molecule has 0 amide bonds. The van der Waals surface area contributed by atoms with Crippen LogP contribution in [0.3, 0.4) is 0 Å². The van der Waals surface area contributed by atoms with E-state index in [9.17, 15) is 13.2 Å². The van der Waals surface area contributed by atoms with Gasteiger partial charge in [-0.15, -0.1) is 0 Å². The molecule has 0 spiro atoms. The van der Waals surface area contributed by atoms with Crippen LogP contribution in [0.25, 0.3) is 11.1 Å². The van der Waals surface area contributed by atoms with E-state index in [1.54, 1.807) is 7.11 Å². The van der Waals surface area contributed by atoms with Crippen LogP contribution >= 0.6 is 11.6 Å². The summed E-state index contributed by atoms with van der Waals surface area (Å²) in [7, 11) is -2.26. The summed E-state index contributed by atoms with van der Waals surface area (Å²) in [5.41, 5.74) is 1.43. The summed E-state index contributed by atoms with van der Waals surface area (Å²) in [6.07, 6.45) is 0.502. The Morgan fingerprint density at radius 3 is 2.64 bits per heavy atom. The van der Waals surface area contributed by atoms with Crippen LogP contribution < -0.4 is 15.2 Å². The summed E-state index contributed by atoms with van der Waals surface area (Å²) in [5.74, 6) is 0.0606. The number of halogens is 1. The lowest BCUT2D eigenvalue weighted by molar-refractivity contribution is 0.414. The van der Waals surface area contributed by atoms with E-state index in [2.05, 4.69) is 9.71 Å². The highest BCUT2D eigenvalue weighted by Crippen LogP contribution is 2.26. The number of aromatic amines is 1. The highest BCUT2D eigenvalue weighted by atomic mass is 35.5. The van der Waals surface area contributed by atoms with Gasteiger partial charge in [0, 0.05) is 12.6 Å². The number of hydrogen-bond donors (Lipinski definition) is 2. The van der Waals surface area contributed by atoms with Crippen LogP contribution in [0.2, 0.25) is 5.02 Å². The largest absolute Gasteiger partial charge is 0.497 e. The van der Waals surface area contributed by atoms with Crippen LogP contribution in [0.15, 0.2) is 50.5 Å². The number of fused-ring (bicyclic) bond motifs is 1. The van der Waals surface area contributed by atoms with E-state index < -0.39 is 15.8 Å². The van der Waals surface area contributed by atoms with E-state index in [0.717, 1.165) is 11.3 Å². The third-order valence-electron chi connectivity index (χ3n) is 3.63. The molecule has 9 heteroatoms. The maximum absolute atomic E-state index is 12.4. The van der Waals surface area contributed by atoms with E-state index in [1.165, 1.54) is 12.1 Å². The van der Waals surface area contributed by atoms with Crippen LogP contribution in [0.4, 0.5) is 0 Å². The Morgan fingerprint density at radius 1 is 1.24 bits per heavy atom. The maximum Gasteiger partial charge on any atom is 0.417 e. The minimum Gasteiger partial charge on any atom is -0.497 e. The second-order valence-corrected chi connectivity index (χ2v) is 7.43. The van der Waals surface area contributed by atoms with Crippen LogP contribution in [0, 0.1) is 0 Å². The number of H-pyrrole nitrogens is 1. The first-order valence-electron chi connectivity index (χ1n) is 7.34. The summed E-state index contributed by atoms with van der Waals surface area (Å²) < 4.78 is 37.3. The van der Waals surface area contributed by atoms with Gasteiger partial charge in [0.15, 0.2) is 5.58 Å². The lowest BCUT2D eigenvalue weighted by Crippen LogP contribution is -2.26. The van der Waals surface area contributed by atoms with Gasteiger partial charge in [-0.25, -0.2) is 17.9 Å². The molecule has 3 aromatic rings. The Labute approximate surface area is 148 Å². The lowest BCUT2D eigenvalue weighted by atomic mass is 10.1. The average Bonchev–Trinajstić information content (AvgIpc) is 2.93. The number of benzene rings is 2. The molecule has 0 unspecified atom stereocenters. The van der Waals surface area contributed by atoms with Gasteiger partial charge in [0.25, 0.3) is 0 Å². The highest BCUT2D eigenvalue weighted by Gasteiger charge is 2.20. The first-order valence-corrected chi connectivity index (χ1v) is 9.20. The highest BCUT2D eigenvalue weighted by molar-refractivity contribution is 7.89. The molecule has 2 N–H and O–H groups in total. The molecule has 0 aliphatic heterocycles. The molecule has 0 fully saturated rings. The van der Waals surface area contributed by atoms with Gasteiger partial charge in [-0.05, 0) is 30.2 Å². The summed E-state index contributed by atoms with van der Waals surface area (Å²) in [6, 6.07) is 9.91. The predicted molar refractivity (Wildman–Crippen MR) is 93.7 cm³/mol. The van der Waals surface area contributed by atoms with Crippen molar-refractivity contribution in [2.24, 2.45) is 0 Å². The van der Waals surface area contributed by atoms with Crippen LogP contribution in [0.5, 0.6) is 5.75 Å². The molecule has 1 heterocycles. The standard InChI is InChI=1S/C16H15ClN2O5S/c1-23-11-4-2-10(3-5-11)6-7-18-25(21,22)15-9-14-13(8-12(15)17)19-16(20)24-14/h2-5,8-9,18H,6-7H2,1H3,(H,19,20). The van der Waals surface area contributed by atoms with Gasteiger partial charge >= 0.3 is 5.76 Å². The quantitative estimate of drug-likeness (QED) is 0.681. The van der Waals surface area contributed by atoms with E-state index >= 15 is 0 Å². The molecule has 7 nitrogen and oxygen atoms in total. The average molecular weight is 383 g/mol. The molecule has 0 aliphatic carbocycles. The monoisotopic (exact) mass is 382 g/mol. The van der Waals surface area contributed by atoms with Gasteiger partial charge in [0.05, 0.1) is 17.6 Å². The fourth-order valence-corrected chi connectivity index (χ4v) is 3.93. The van der Waals surface area contributed by atoms with Crippen LogP contribution in [-0.4, -0.2) is 27.1 Å². The van der Waals surface area contributed by atoms with Gasteiger partial charge < -0.3 is 9.15 Å². The number of sulfonamides is 1. The van der Waals surface area contributed by atoms with Gasteiger partial charge in [0.1, 0.15) is 10.6 Å². The van der Waals surface area contributed by atoms with Crippen molar-refractivity contribution < 1.29 is 17.6 Å². The molecule has 1 aromatic heterocycles. The SMILES string of the molecule is COc1ccc(CCNS(=O)(=O)c2cc3oc(=O)[nH]c3cc2Cl)cc1. The fraction of sp³-hybridized carbons (Fsp3) is 0.188. The Kier molecular flexibility index (Phi) is 4.85. The molecule has 0 radical (unpaired) electrons. The molecule has 0 aliphatic rings. The Hall–Kier alpha value is -2.29. The molecular formula is C16H15ClN2O5S. The summed E-state index contributed by atoms with van der Waals surface area (Å²) in [6.45, 7) is 0.195. The third-order valence-corrected chi connectivity index (χ3v) is 5.55. The summed E-state index contributed by atoms with van der Waals surface area (Å²) in [4.78, 5) is 13.5. The first-order chi connectivity index (χ1) is 11.9. The zero-order valence-corrected chi connectivity index (χ0v) is 14.8. The molecule has 25 heavy (non-hydrogen) atoms. The summed E-state index contributed by atoms with van der Waals surface area (Å²) >= 11 is 6.03. The zero-order chi connectivity index (χ0) is 18.0. The molecule has 132 valence electrons. The molecule has 3 rings (SSSR count). The van der Waals surface area contributed by atoms with Gasteiger partial charge in [-0.1, -0.05) is 23.7 Å². The number of aromatic nitrogens is 1. The Balaban J connectivity index is 1.74. The van der Waals surface area contributed by atoms with Crippen LogP contribution in [-0.2, 0) is 16.4 Å². The number of hydrogen-bond acceptors (Lipinski definition) is 5. The molecule has 0 atom stereocenters. The van der Waals surface area contributed by atoms with Crippen molar-refractivity contribution in [3.63, 3.8) is 0 Å². The van der Waals surface area contributed by atoms with Crippen LogP contribution in [0.1, 0.15) is 5.56 Å². The normalized spacial score (nSPS) is 11.8. The second kappa shape index (κ2) is 6.91. The molecule has 2 aromatic carbocycles. The minimum atomic E-state index is -3.84. The smallest absolute Gasteiger partial charge is 0.417 e. The van der Waals surface area contributed by atoms with Crippen molar-refractivity contribution in [1.29, 1.82) is 0 Å². The van der Waals surface area contributed by atoms with Gasteiger partial charge in [0.2, 0.25) is 10.0 Å². The number of ether oxygens (including phenoxy) is 1. The number of nitrogens with one attached hydrogen (secondary N) is 2. The minimum absolute atomic E-state index is 0.00139. The molecular weight excluding hydrogens is 368 g/mol. The van der Waals surface area contributed by atoms with E-state index in [4.69, 9.17) is 20.8 Å². The predicted octanol–water partition coefficient (Wildman–Crippen LogP) is 2.30. The van der Waals surface area contributed by atoms with Gasteiger partial charge in [-0.2, -0.15) is 0 Å². The van der Waals surface area contributed by atoms with E-state index in [0.29, 0.717) is 11.9 Å². The van der Waals surface area contributed by atoms with E-state index in [-0.39, 0.29) is 22.0 Å². The van der Waals surface area contributed by atoms with Crippen molar-refractivity contribution in [2.45, 2.75) is 11.3 Å². The van der Waals surface area contributed by atoms with Crippen molar-refractivity contribution in [2.75, 3.05) is 13.7 Å².